The lowest BCUT2D eigenvalue weighted by molar-refractivity contribution is 0.0450. The van der Waals surface area contributed by atoms with E-state index in [-0.39, 0.29) is 16.6 Å². The van der Waals surface area contributed by atoms with Crippen molar-refractivity contribution in [1.82, 2.24) is 10.2 Å². The molecule has 1 aliphatic heterocycles. The summed E-state index contributed by atoms with van der Waals surface area (Å²) < 4.78 is 13.7. The molecule has 2 unspecified atom stereocenters. The molecule has 22 heavy (non-hydrogen) atoms. The molecule has 1 aliphatic rings. The number of nitrogens with zero attached hydrogens (tertiary/aromatic N) is 1. The number of hydrogen-bond donors (Lipinski definition) is 2. The molecule has 1 amide bonds. The molecule has 122 valence electrons. The molecule has 2 atom stereocenters. The molecule has 1 heterocycles. The van der Waals surface area contributed by atoms with E-state index in [0.717, 1.165) is 18.2 Å². The molecule has 2 rings (SSSR count). The van der Waals surface area contributed by atoms with Gasteiger partial charge in [0.2, 0.25) is 0 Å². The van der Waals surface area contributed by atoms with Crippen molar-refractivity contribution in [2.75, 3.05) is 24.7 Å². The topological polar surface area (TPSA) is 52.6 Å². The van der Waals surface area contributed by atoms with E-state index in [4.69, 9.17) is 11.6 Å². The van der Waals surface area contributed by atoms with Crippen LogP contribution >= 0.6 is 23.4 Å². The number of carbonyl (C=O) groups is 1. The Morgan fingerprint density at radius 2 is 2.36 bits per heavy atom. The number of rotatable bonds is 5. The lowest BCUT2D eigenvalue weighted by atomic mass is 10.0. The van der Waals surface area contributed by atoms with Crippen LogP contribution in [0.5, 0.6) is 0 Å². The third kappa shape index (κ3) is 4.35. The molecule has 1 saturated heterocycles. The zero-order valence-corrected chi connectivity index (χ0v) is 14.0. The van der Waals surface area contributed by atoms with Gasteiger partial charge in [0.05, 0.1) is 22.7 Å². The van der Waals surface area contributed by atoms with Gasteiger partial charge in [-0.25, -0.2) is 4.39 Å². The zero-order valence-electron chi connectivity index (χ0n) is 12.4. The number of likely N-dealkylation sites (tertiary alicyclic amines) is 1. The molecule has 4 nitrogen and oxygen atoms in total. The molecule has 0 bridgehead atoms. The predicted molar refractivity (Wildman–Crippen MR) is 87.9 cm³/mol. The van der Waals surface area contributed by atoms with E-state index in [1.807, 2.05) is 0 Å². The largest absolute Gasteiger partial charge is 0.390 e. The molecule has 7 heteroatoms. The van der Waals surface area contributed by atoms with Crippen LogP contribution in [0.4, 0.5) is 4.39 Å². The van der Waals surface area contributed by atoms with Gasteiger partial charge < -0.3 is 10.4 Å². The molecule has 0 radical (unpaired) electrons. The van der Waals surface area contributed by atoms with Crippen LogP contribution in [0.2, 0.25) is 5.02 Å². The van der Waals surface area contributed by atoms with Gasteiger partial charge in [0, 0.05) is 19.0 Å². The zero-order chi connectivity index (χ0) is 16.1. The Kier molecular flexibility index (Phi) is 6.50. The van der Waals surface area contributed by atoms with Gasteiger partial charge in [-0.3, -0.25) is 9.69 Å². The van der Waals surface area contributed by atoms with E-state index < -0.39 is 17.8 Å². The molecule has 1 aromatic carbocycles. The van der Waals surface area contributed by atoms with Crippen molar-refractivity contribution in [2.24, 2.45) is 0 Å². The maximum Gasteiger partial charge on any atom is 0.256 e. The van der Waals surface area contributed by atoms with E-state index in [2.05, 4.69) is 17.1 Å². The molecular weight excluding hydrogens is 327 g/mol. The normalized spacial score (nSPS) is 22.5. The quantitative estimate of drug-likeness (QED) is 0.859. The number of carbonyl (C=O) groups excluding carboxylic acids is 1. The summed E-state index contributed by atoms with van der Waals surface area (Å²) in [5.41, 5.74) is -0.166. The minimum Gasteiger partial charge on any atom is -0.390 e. The number of thioether (sulfide) groups is 1. The highest BCUT2D eigenvalue weighted by molar-refractivity contribution is 7.99. The van der Waals surface area contributed by atoms with Crippen LogP contribution in [-0.2, 0) is 0 Å². The third-order valence-electron chi connectivity index (χ3n) is 3.65. The number of nitrogens with one attached hydrogen (secondary N) is 1. The van der Waals surface area contributed by atoms with Gasteiger partial charge in [0.1, 0.15) is 5.82 Å². The van der Waals surface area contributed by atoms with Crippen LogP contribution in [-0.4, -0.2) is 52.8 Å². The van der Waals surface area contributed by atoms with Crippen molar-refractivity contribution < 1.29 is 14.3 Å². The number of halogens is 2. The maximum atomic E-state index is 13.7. The van der Waals surface area contributed by atoms with Crippen molar-refractivity contribution in [2.45, 2.75) is 25.5 Å². The minimum atomic E-state index is -0.666. The van der Waals surface area contributed by atoms with Crippen molar-refractivity contribution in [3.8, 4) is 0 Å². The monoisotopic (exact) mass is 346 g/mol. The molecular formula is C15H20ClFN2O2S. The first-order valence-corrected chi connectivity index (χ1v) is 8.79. The van der Waals surface area contributed by atoms with Crippen molar-refractivity contribution in [3.63, 3.8) is 0 Å². The second-order valence-corrected chi connectivity index (χ2v) is 6.88. The van der Waals surface area contributed by atoms with Crippen molar-refractivity contribution >= 4 is 29.3 Å². The fourth-order valence-corrected chi connectivity index (χ4v) is 3.38. The molecule has 0 aliphatic carbocycles. The number of amides is 1. The standard InChI is InChI=1S/C15H20ClFN2O2S/c1-2-22-9-19-7-6-12(13(20)8-19)18-15(21)14-10(16)4-3-5-11(14)17/h3-5,12-13,20H,2,6-9H2,1H3,(H,18,21). The smallest absolute Gasteiger partial charge is 0.256 e. The van der Waals surface area contributed by atoms with Gasteiger partial charge in [-0.2, -0.15) is 0 Å². The Hall–Kier alpha value is -0.820. The molecule has 0 spiro atoms. The van der Waals surface area contributed by atoms with Gasteiger partial charge in [0.25, 0.3) is 5.91 Å². The Bertz CT molecular complexity index is 512. The minimum absolute atomic E-state index is 0.0729. The van der Waals surface area contributed by atoms with E-state index >= 15 is 0 Å². The van der Waals surface area contributed by atoms with Gasteiger partial charge in [-0.15, -0.1) is 11.8 Å². The second-order valence-electron chi connectivity index (χ2n) is 5.23. The van der Waals surface area contributed by atoms with Crippen molar-refractivity contribution in [3.05, 3.63) is 34.6 Å². The van der Waals surface area contributed by atoms with Gasteiger partial charge in [-0.1, -0.05) is 24.6 Å². The lowest BCUT2D eigenvalue weighted by Crippen LogP contribution is -2.54. The van der Waals surface area contributed by atoms with Crippen LogP contribution in [0.3, 0.4) is 0 Å². The molecule has 0 saturated carbocycles. The fourth-order valence-electron chi connectivity index (χ4n) is 2.46. The van der Waals surface area contributed by atoms with Gasteiger partial charge in [0.15, 0.2) is 0 Å². The van der Waals surface area contributed by atoms with Crippen molar-refractivity contribution in [1.29, 1.82) is 0 Å². The Morgan fingerprint density at radius 3 is 3.00 bits per heavy atom. The first-order chi connectivity index (χ1) is 10.5. The summed E-state index contributed by atoms with van der Waals surface area (Å²) in [7, 11) is 0. The summed E-state index contributed by atoms with van der Waals surface area (Å²) in [6.07, 6.45) is -0.0378. The first-order valence-electron chi connectivity index (χ1n) is 7.26. The van der Waals surface area contributed by atoms with Crippen LogP contribution in [0.25, 0.3) is 0 Å². The molecule has 2 N–H and O–H groups in total. The number of aliphatic hydroxyl groups is 1. The second kappa shape index (κ2) is 8.15. The highest BCUT2D eigenvalue weighted by Gasteiger charge is 2.30. The predicted octanol–water partition coefficient (Wildman–Crippen LogP) is 2.35. The van der Waals surface area contributed by atoms with E-state index in [9.17, 15) is 14.3 Å². The average Bonchev–Trinajstić information content (AvgIpc) is 2.47. The maximum absolute atomic E-state index is 13.7. The van der Waals surface area contributed by atoms with E-state index in [1.54, 1.807) is 11.8 Å². The third-order valence-corrected chi connectivity index (χ3v) is 4.92. The summed E-state index contributed by atoms with van der Waals surface area (Å²) >= 11 is 7.68. The SMILES string of the molecule is CCSCN1CCC(NC(=O)c2c(F)cccc2Cl)C(O)C1. The summed E-state index contributed by atoms with van der Waals surface area (Å²) in [6.45, 7) is 3.38. The Labute approximate surface area is 139 Å². The number of benzene rings is 1. The fraction of sp³-hybridized carbons (Fsp3) is 0.533. The highest BCUT2D eigenvalue weighted by Crippen LogP contribution is 2.20. The number of aliphatic hydroxyl groups excluding tert-OH is 1. The number of hydrogen-bond acceptors (Lipinski definition) is 4. The van der Waals surface area contributed by atoms with E-state index in [1.165, 1.54) is 18.2 Å². The number of piperidine rings is 1. The summed E-state index contributed by atoms with van der Waals surface area (Å²) in [6, 6.07) is 3.74. The average molecular weight is 347 g/mol. The molecule has 0 aromatic heterocycles. The van der Waals surface area contributed by atoms with Gasteiger partial charge in [-0.05, 0) is 24.3 Å². The highest BCUT2D eigenvalue weighted by atomic mass is 35.5. The Balaban J connectivity index is 1.95. The van der Waals surface area contributed by atoms with Crippen LogP contribution < -0.4 is 5.32 Å². The molecule has 1 fully saturated rings. The van der Waals surface area contributed by atoms with E-state index in [0.29, 0.717) is 13.0 Å². The van der Waals surface area contributed by atoms with Crippen LogP contribution in [0, 0.1) is 5.82 Å². The summed E-state index contributed by atoms with van der Waals surface area (Å²) in [5.74, 6) is 0.658. The van der Waals surface area contributed by atoms with Crippen LogP contribution in [0.1, 0.15) is 23.7 Å². The molecule has 1 aromatic rings. The number of β-amino-alcohol motifs (C(OH)–C–C–N with tert-alkyl or cyclic N) is 1. The Morgan fingerprint density at radius 1 is 1.59 bits per heavy atom. The van der Waals surface area contributed by atoms with Crippen LogP contribution in [0.15, 0.2) is 18.2 Å². The van der Waals surface area contributed by atoms with Gasteiger partial charge >= 0.3 is 0 Å². The summed E-state index contributed by atoms with van der Waals surface area (Å²) in [4.78, 5) is 14.3. The summed E-state index contributed by atoms with van der Waals surface area (Å²) in [5, 5.41) is 13.0. The first kappa shape index (κ1) is 17.5. The lowest BCUT2D eigenvalue weighted by Gasteiger charge is -2.36.